The van der Waals surface area contributed by atoms with Gasteiger partial charge in [0.25, 0.3) is 5.91 Å². The first-order chi connectivity index (χ1) is 18.5. The van der Waals surface area contributed by atoms with Gasteiger partial charge in [-0.2, -0.15) is 0 Å². The molecule has 0 spiro atoms. The molecule has 7 heteroatoms. The Hall–Kier alpha value is -3.50. The molecule has 39 heavy (non-hydrogen) atoms. The number of aromatic hydroxyl groups is 3. The van der Waals surface area contributed by atoms with Gasteiger partial charge in [0.15, 0.2) is 0 Å². The van der Waals surface area contributed by atoms with Gasteiger partial charge >= 0.3 is 0 Å². The maximum absolute atomic E-state index is 13.9. The van der Waals surface area contributed by atoms with E-state index in [0.29, 0.717) is 29.2 Å². The first-order valence-corrected chi connectivity index (χ1v) is 15.6. The van der Waals surface area contributed by atoms with Crippen LogP contribution in [-0.4, -0.2) is 53.4 Å². The number of phenols is 3. The number of hydrogen-bond acceptors (Lipinski definition) is 5. The van der Waals surface area contributed by atoms with E-state index in [-0.39, 0.29) is 29.7 Å². The van der Waals surface area contributed by atoms with Crippen LogP contribution in [0.3, 0.4) is 0 Å². The second-order valence-corrected chi connectivity index (χ2v) is 12.8. The summed E-state index contributed by atoms with van der Waals surface area (Å²) in [6.45, 7) is 11.2. The number of nitrogens with zero attached hydrogens (tertiary/aromatic N) is 2. The van der Waals surface area contributed by atoms with Crippen LogP contribution >= 0.6 is 7.55 Å². The minimum Gasteiger partial charge on any atom is -0.508 e. The maximum atomic E-state index is 13.9. The number of amides is 1. The van der Waals surface area contributed by atoms with Crippen LogP contribution in [0, 0.1) is 0 Å². The predicted molar refractivity (Wildman–Crippen MR) is 167 cm³/mol. The van der Waals surface area contributed by atoms with E-state index in [2.05, 4.69) is 52.8 Å². The van der Waals surface area contributed by atoms with Crippen LogP contribution in [0.4, 0.5) is 17.1 Å². The number of allylic oxidation sites excluding steroid dienone is 5. The van der Waals surface area contributed by atoms with Gasteiger partial charge in [0, 0.05) is 18.7 Å². The lowest BCUT2D eigenvalue weighted by molar-refractivity contribution is 0.0990. The van der Waals surface area contributed by atoms with Crippen molar-refractivity contribution in [2.24, 2.45) is 0 Å². The SMILES string of the molecule is C=[P+](C)CCN1c2c(O)cccc2C(=O)N(CC=C(C)CCC=C(C)CCC=C(C)C)c2cc(O)cc(O)c21. The average Bonchev–Trinajstić information content (AvgIpc) is 2.94. The number of fused-ring (bicyclic) bond motifs is 2. The Morgan fingerprint density at radius 1 is 0.897 bits per heavy atom. The Morgan fingerprint density at radius 2 is 1.56 bits per heavy atom. The third-order valence-electron chi connectivity index (χ3n) is 6.83. The smallest absolute Gasteiger partial charge is 0.260 e. The Kier molecular flexibility index (Phi) is 10.4. The molecule has 3 rings (SSSR count). The fourth-order valence-electron chi connectivity index (χ4n) is 4.69. The molecule has 208 valence electrons. The lowest BCUT2D eigenvalue weighted by atomic mass is 10.1. The quantitative estimate of drug-likeness (QED) is 0.196. The van der Waals surface area contributed by atoms with Gasteiger partial charge in [-0.1, -0.05) is 41.0 Å². The van der Waals surface area contributed by atoms with Crippen LogP contribution in [0.25, 0.3) is 0 Å². The van der Waals surface area contributed by atoms with E-state index in [1.807, 2.05) is 6.08 Å². The summed E-state index contributed by atoms with van der Waals surface area (Å²) in [4.78, 5) is 17.2. The molecule has 0 fully saturated rings. The van der Waals surface area contributed by atoms with Crippen LogP contribution in [-0.2, 0) is 0 Å². The molecule has 1 aliphatic heterocycles. The van der Waals surface area contributed by atoms with Crippen LogP contribution in [0.1, 0.15) is 63.7 Å². The molecule has 0 aromatic heterocycles. The predicted octanol–water partition coefficient (Wildman–Crippen LogP) is 7.86. The minimum atomic E-state index is -0.513. The van der Waals surface area contributed by atoms with E-state index >= 15 is 0 Å². The molecule has 0 saturated carbocycles. The maximum Gasteiger partial charge on any atom is 0.260 e. The van der Waals surface area contributed by atoms with Crippen LogP contribution in [0.2, 0.25) is 0 Å². The summed E-state index contributed by atoms with van der Waals surface area (Å²) < 4.78 is 0. The molecule has 2 aromatic rings. The van der Waals surface area contributed by atoms with E-state index in [4.69, 9.17) is 0 Å². The molecule has 1 aliphatic rings. The van der Waals surface area contributed by atoms with Crippen molar-refractivity contribution in [1.82, 2.24) is 0 Å². The van der Waals surface area contributed by atoms with Crippen molar-refractivity contribution in [3.05, 3.63) is 70.8 Å². The van der Waals surface area contributed by atoms with Gasteiger partial charge in [-0.05, 0) is 65.5 Å². The highest BCUT2D eigenvalue weighted by Crippen LogP contribution is 2.50. The largest absolute Gasteiger partial charge is 0.508 e. The van der Waals surface area contributed by atoms with Crippen LogP contribution in [0.15, 0.2) is 65.3 Å². The van der Waals surface area contributed by atoms with Crippen LogP contribution < -0.4 is 9.80 Å². The zero-order chi connectivity index (χ0) is 28.7. The van der Waals surface area contributed by atoms with Crippen molar-refractivity contribution in [2.45, 2.75) is 53.4 Å². The highest BCUT2D eigenvalue weighted by Gasteiger charge is 2.35. The molecule has 0 bridgehead atoms. The van der Waals surface area contributed by atoms with Crippen molar-refractivity contribution < 1.29 is 20.1 Å². The van der Waals surface area contributed by atoms with E-state index in [9.17, 15) is 20.1 Å². The summed E-state index contributed by atoms with van der Waals surface area (Å²) in [5.41, 5.74) is 5.35. The molecule has 0 aliphatic carbocycles. The number of hydrogen-bond donors (Lipinski definition) is 3. The Balaban J connectivity index is 1.94. The second kappa shape index (κ2) is 13.5. The Bertz CT molecular complexity index is 1320. The van der Waals surface area contributed by atoms with Crippen molar-refractivity contribution >= 4 is 36.8 Å². The molecule has 1 unspecified atom stereocenters. The molecule has 0 radical (unpaired) electrons. The van der Waals surface area contributed by atoms with Crippen molar-refractivity contribution in [3.63, 3.8) is 0 Å². The zero-order valence-corrected chi connectivity index (χ0v) is 24.8. The highest BCUT2D eigenvalue weighted by molar-refractivity contribution is 7.55. The van der Waals surface area contributed by atoms with E-state index < -0.39 is 7.55 Å². The summed E-state index contributed by atoms with van der Waals surface area (Å²) in [7, 11) is -0.513. The molecular formula is C32H42N2O4P+. The first-order valence-electron chi connectivity index (χ1n) is 13.4. The topological polar surface area (TPSA) is 84.2 Å². The third-order valence-corrected chi connectivity index (χ3v) is 7.79. The standard InChI is InChI=1S/C32H41N2O4P/c1-22(2)10-7-11-23(3)12-8-13-24(4)16-17-33-27-20-25(35)21-29(37)31(27)34(18-19-39(5)6)30-26(32(33)38)14-9-15-28(30)36/h9-10,12,14-16,20-21H,5,7-8,11,13,17-19H2,1-4,6H3,(H2-,35,36,37)/p+1. The molecule has 3 N–H and O–H groups in total. The van der Waals surface area contributed by atoms with Gasteiger partial charge < -0.3 is 25.1 Å². The summed E-state index contributed by atoms with van der Waals surface area (Å²) in [6, 6.07) is 7.66. The molecule has 2 aromatic carbocycles. The lowest BCUT2D eigenvalue weighted by Gasteiger charge is -2.27. The van der Waals surface area contributed by atoms with E-state index in [1.165, 1.54) is 23.3 Å². The fourth-order valence-corrected chi connectivity index (χ4v) is 5.23. The zero-order valence-electron chi connectivity index (χ0n) is 23.9. The van der Waals surface area contributed by atoms with Gasteiger partial charge in [0.05, 0.1) is 44.0 Å². The summed E-state index contributed by atoms with van der Waals surface area (Å²) in [5, 5.41) is 32.2. The molecule has 0 saturated heterocycles. The molecule has 1 amide bonds. The van der Waals surface area contributed by atoms with Crippen molar-refractivity contribution in [3.8, 4) is 17.2 Å². The Morgan fingerprint density at radius 3 is 2.23 bits per heavy atom. The summed E-state index contributed by atoms with van der Waals surface area (Å²) >= 11 is 0. The third kappa shape index (κ3) is 7.77. The number of carbonyl (C=O) groups is 1. The van der Waals surface area contributed by atoms with E-state index in [0.717, 1.165) is 37.4 Å². The fraction of sp³-hybridized carbons (Fsp3) is 0.375. The number of carbonyl (C=O) groups excluding carboxylic acids is 1. The second-order valence-electron chi connectivity index (χ2n) is 10.6. The minimum absolute atomic E-state index is 0.0379. The Labute approximate surface area is 234 Å². The molecule has 1 heterocycles. The number of para-hydroxylation sites is 1. The number of anilines is 3. The van der Waals surface area contributed by atoms with Crippen molar-refractivity contribution in [1.29, 1.82) is 0 Å². The summed E-state index contributed by atoms with van der Waals surface area (Å²) in [5.74, 6) is -0.632. The first kappa shape index (κ1) is 30.0. The van der Waals surface area contributed by atoms with Gasteiger partial charge in [-0.15, -0.1) is 0 Å². The average molecular weight is 550 g/mol. The van der Waals surface area contributed by atoms with Crippen LogP contribution in [0.5, 0.6) is 17.2 Å². The van der Waals surface area contributed by atoms with Crippen molar-refractivity contribution in [2.75, 3.05) is 35.7 Å². The molecule has 6 nitrogen and oxygen atoms in total. The van der Waals surface area contributed by atoms with Gasteiger partial charge in [-0.25, -0.2) is 0 Å². The number of rotatable bonds is 11. The molecular weight excluding hydrogens is 507 g/mol. The van der Waals surface area contributed by atoms with E-state index in [1.54, 1.807) is 28.0 Å². The van der Waals surface area contributed by atoms with Gasteiger partial charge in [0.2, 0.25) is 0 Å². The number of phenolic OH excluding ortho intramolecular Hbond substituents is 3. The van der Waals surface area contributed by atoms with Gasteiger partial charge in [0.1, 0.15) is 29.1 Å². The lowest BCUT2D eigenvalue weighted by Crippen LogP contribution is -2.30. The van der Waals surface area contributed by atoms with Gasteiger partial charge in [-0.3, -0.25) is 4.79 Å². The summed E-state index contributed by atoms with van der Waals surface area (Å²) in [6.07, 6.45) is 15.3. The normalized spacial score (nSPS) is 14.1. The number of benzene rings is 2. The monoisotopic (exact) mass is 549 g/mol. The molecule has 1 atom stereocenters. The highest BCUT2D eigenvalue weighted by atomic mass is 31.1.